The lowest BCUT2D eigenvalue weighted by molar-refractivity contribution is 0.0486. The molecule has 0 atom stereocenters. The van der Waals surface area contributed by atoms with Crippen LogP contribution in [-0.2, 0) is 16.0 Å². The molecule has 3 amide bonds. The molecule has 0 unspecified atom stereocenters. The highest BCUT2D eigenvalue weighted by molar-refractivity contribution is 6.07. The van der Waals surface area contributed by atoms with Crippen molar-refractivity contribution < 1.29 is 23.9 Å². The van der Waals surface area contributed by atoms with Gasteiger partial charge in [-0.15, -0.1) is 0 Å². The molecule has 11 heteroatoms. The number of pyridine rings is 1. The molecule has 47 heavy (non-hydrogen) atoms. The zero-order valence-corrected chi connectivity index (χ0v) is 27.9. The standard InChI is InChI=1S/C36H44N6O5/c1-35(2,3)46-33(44)40-26-15-13-25(14-16-26)39-32(43)30-19-22-11-12-23(31(37)41-34(45)47-36(4,5)6)20-29(22)42(30)21-24-17-18-38-28-10-8-7-9-27(24)28/h7-12,17-20,25-26H,13-16,21H2,1-6H3,(H,39,43)(H,40,44)(H2,37,41,45). The van der Waals surface area contributed by atoms with Crippen molar-refractivity contribution in [3.63, 3.8) is 0 Å². The van der Waals surface area contributed by atoms with Gasteiger partial charge < -0.3 is 24.7 Å². The van der Waals surface area contributed by atoms with Gasteiger partial charge >= 0.3 is 12.2 Å². The molecule has 0 aliphatic heterocycles. The first-order valence-electron chi connectivity index (χ1n) is 16.0. The highest BCUT2D eigenvalue weighted by Gasteiger charge is 2.27. The molecule has 2 aromatic heterocycles. The number of hydrogen-bond acceptors (Lipinski definition) is 7. The molecule has 4 aromatic rings. The van der Waals surface area contributed by atoms with Gasteiger partial charge in [-0.05, 0) is 97.1 Å². The molecule has 248 valence electrons. The molecular weight excluding hydrogens is 596 g/mol. The van der Waals surface area contributed by atoms with Crippen LogP contribution in [0.1, 0.15) is 88.8 Å². The van der Waals surface area contributed by atoms with E-state index in [2.05, 4.69) is 20.9 Å². The summed E-state index contributed by atoms with van der Waals surface area (Å²) in [4.78, 5) is 43.1. The maximum atomic E-state index is 13.9. The minimum absolute atomic E-state index is 0.00699. The minimum atomic E-state index is -0.711. The van der Waals surface area contributed by atoms with Crippen molar-refractivity contribution in [3.8, 4) is 0 Å². The Morgan fingerprint density at radius 1 is 0.851 bits per heavy atom. The summed E-state index contributed by atoms with van der Waals surface area (Å²) in [5.74, 6) is -0.308. The van der Waals surface area contributed by atoms with Crippen molar-refractivity contribution in [2.24, 2.45) is 0 Å². The van der Waals surface area contributed by atoms with Gasteiger partial charge in [0.05, 0.1) is 5.52 Å². The number of nitrogens with zero attached hydrogens (tertiary/aromatic N) is 2. The number of para-hydroxylation sites is 1. The van der Waals surface area contributed by atoms with Gasteiger partial charge in [-0.1, -0.05) is 30.3 Å². The lowest BCUT2D eigenvalue weighted by atomic mass is 9.91. The number of ether oxygens (including phenoxy) is 2. The van der Waals surface area contributed by atoms with E-state index in [9.17, 15) is 14.4 Å². The van der Waals surface area contributed by atoms with Crippen LogP contribution in [0.4, 0.5) is 9.59 Å². The topological polar surface area (TPSA) is 147 Å². The fraction of sp³-hybridized carbons (Fsp3) is 0.417. The third kappa shape index (κ3) is 8.66. The molecule has 2 heterocycles. The van der Waals surface area contributed by atoms with E-state index >= 15 is 0 Å². The zero-order valence-electron chi connectivity index (χ0n) is 27.9. The van der Waals surface area contributed by atoms with Crippen molar-refractivity contribution in [1.82, 2.24) is 25.5 Å². The normalized spacial score (nSPS) is 16.8. The Hall–Kier alpha value is -4.93. The van der Waals surface area contributed by atoms with E-state index in [1.807, 2.05) is 73.9 Å². The number of nitrogens with one attached hydrogen (secondary N) is 4. The molecule has 1 saturated carbocycles. The number of benzene rings is 2. The van der Waals surface area contributed by atoms with Gasteiger partial charge in [0.25, 0.3) is 5.91 Å². The second kappa shape index (κ2) is 13.4. The Bertz CT molecular complexity index is 1800. The second-order valence-electron chi connectivity index (χ2n) is 14.0. The Balaban J connectivity index is 1.39. The van der Waals surface area contributed by atoms with Gasteiger partial charge in [-0.3, -0.25) is 20.5 Å². The number of aromatic nitrogens is 2. The van der Waals surface area contributed by atoms with E-state index in [1.165, 1.54) is 0 Å². The van der Waals surface area contributed by atoms with Crippen LogP contribution in [0.2, 0.25) is 0 Å². The van der Waals surface area contributed by atoms with Crippen LogP contribution in [0.25, 0.3) is 21.8 Å². The first-order chi connectivity index (χ1) is 22.1. The predicted molar refractivity (Wildman–Crippen MR) is 182 cm³/mol. The number of amides is 3. The summed E-state index contributed by atoms with van der Waals surface area (Å²) < 4.78 is 12.7. The first kappa shape index (κ1) is 33.4. The smallest absolute Gasteiger partial charge is 0.413 e. The minimum Gasteiger partial charge on any atom is -0.444 e. The first-order valence-corrected chi connectivity index (χ1v) is 16.0. The molecule has 4 N–H and O–H groups in total. The van der Waals surface area contributed by atoms with E-state index < -0.39 is 23.4 Å². The Morgan fingerprint density at radius 3 is 2.17 bits per heavy atom. The number of carbonyl (C=O) groups excluding carboxylic acids is 3. The number of alkyl carbamates (subject to hydrolysis) is 2. The van der Waals surface area contributed by atoms with Gasteiger partial charge in [0.15, 0.2) is 0 Å². The number of fused-ring (bicyclic) bond motifs is 2. The average molecular weight is 641 g/mol. The summed E-state index contributed by atoms with van der Waals surface area (Å²) in [6.07, 6.45) is 3.53. The fourth-order valence-corrected chi connectivity index (χ4v) is 5.83. The predicted octanol–water partition coefficient (Wildman–Crippen LogP) is 6.65. The molecule has 0 bridgehead atoms. The van der Waals surface area contributed by atoms with Gasteiger partial charge in [-0.25, -0.2) is 9.59 Å². The van der Waals surface area contributed by atoms with Crippen molar-refractivity contribution in [2.45, 2.75) is 97.1 Å². The van der Waals surface area contributed by atoms with Crippen LogP contribution in [0.15, 0.2) is 60.8 Å². The maximum absolute atomic E-state index is 13.9. The largest absolute Gasteiger partial charge is 0.444 e. The summed E-state index contributed by atoms with van der Waals surface area (Å²) in [5, 5.41) is 19.1. The van der Waals surface area contributed by atoms with Crippen molar-refractivity contribution in [1.29, 1.82) is 5.41 Å². The lowest BCUT2D eigenvalue weighted by Crippen LogP contribution is -2.45. The van der Waals surface area contributed by atoms with E-state index in [0.717, 1.165) is 53.1 Å². The van der Waals surface area contributed by atoms with Crippen LogP contribution in [-0.4, -0.2) is 56.8 Å². The number of carbonyl (C=O) groups is 3. The molecule has 0 radical (unpaired) electrons. The fourth-order valence-electron chi connectivity index (χ4n) is 5.83. The van der Waals surface area contributed by atoms with Crippen LogP contribution < -0.4 is 16.0 Å². The van der Waals surface area contributed by atoms with Crippen molar-refractivity contribution >= 4 is 45.7 Å². The van der Waals surface area contributed by atoms with Gasteiger partial charge in [0.2, 0.25) is 0 Å². The molecule has 2 aromatic carbocycles. The summed E-state index contributed by atoms with van der Waals surface area (Å²) in [6, 6.07) is 17.0. The van der Waals surface area contributed by atoms with Crippen LogP contribution in [0.5, 0.6) is 0 Å². The molecule has 1 fully saturated rings. The summed E-state index contributed by atoms with van der Waals surface area (Å²) in [7, 11) is 0. The molecule has 5 rings (SSSR count). The SMILES string of the molecule is CC(C)(C)OC(=O)NC(=N)c1ccc2cc(C(=O)NC3CCC(NC(=O)OC(C)(C)C)CC3)n(Cc3ccnc4ccccc34)c2c1. The average Bonchev–Trinajstić information content (AvgIpc) is 3.34. The van der Waals surface area contributed by atoms with Crippen molar-refractivity contribution in [3.05, 3.63) is 77.6 Å². The van der Waals surface area contributed by atoms with Gasteiger partial charge in [0.1, 0.15) is 22.7 Å². The Labute approximate surface area is 274 Å². The van der Waals surface area contributed by atoms with E-state index in [4.69, 9.17) is 14.9 Å². The number of amidine groups is 1. The molecule has 0 spiro atoms. The van der Waals surface area contributed by atoms with E-state index in [1.54, 1.807) is 33.0 Å². The molecule has 0 saturated heterocycles. The van der Waals surface area contributed by atoms with Gasteiger partial charge in [0, 0.05) is 46.7 Å². The number of rotatable bonds is 6. The monoisotopic (exact) mass is 640 g/mol. The third-order valence-electron chi connectivity index (χ3n) is 7.90. The Kier molecular flexibility index (Phi) is 9.55. The highest BCUT2D eigenvalue weighted by Crippen LogP contribution is 2.27. The summed E-state index contributed by atoms with van der Waals surface area (Å²) >= 11 is 0. The quantitative estimate of drug-likeness (QED) is 0.137. The Morgan fingerprint density at radius 2 is 1.49 bits per heavy atom. The summed E-state index contributed by atoms with van der Waals surface area (Å²) in [5.41, 5.74) is 2.29. The molecule has 1 aliphatic rings. The number of hydrogen-bond donors (Lipinski definition) is 4. The second-order valence-corrected chi connectivity index (χ2v) is 14.0. The van der Waals surface area contributed by atoms with Crippen LogP contribution >= 0.6 is 0 Å². The van der Waals surface area contributed by atoms with Crippen LogP contribution in [0, 0.1) is 5.41 Å². The van der Waals surface area contributed by atoms with Crippen LogP contribution in [0.3, 0.4) is 0 Å². The van der Waals surface area contributed by atoms with E-state index in [-0.39, 0.29) is 23.8 Å². The third-order valence-corrected chi connectivity index (χ3v) is 7.90. The van der Waals surface area contributed by atoms with Crippen molar-refractivity contribution in [2.75, 3.05) is 0 Å². The summed E-state index contributed by atoms with van der Waals surface area (Å²) in [6.45, 7) is 11.2. The maximum Gasteiger partial charge on any atom is 0.413 e. The molecule has 11 nitrogen and oxygen atoms in total. The van der Waals surface area contributed by atoms with Gasteiger partial charge in [-0.2, -0.15) is 0 Å². The molecule has 1 aliphatic carbocycles. The highest BCUT2D eigenvalue weighted by atomic mass is 16.6. The zero-order chi connectivity index (χ0) is 33.9. The lowest BCUT2D eigenvalue weighted by Gasteiger charge is -2.30. The molecular formula is C36H44N6O5. The van der Waals surface area contributed by atoms with E-state index in [0.29, 0.717) is 17.8 Å².